The van der Waals surface area contributed by atoms with Crippen molar-refractivity contribution in [3.63, 3.8) is 0 Å². The highest BCUT2D eigenvalue weighted by atomic mass is 16.6. The van der Waals surface area contributed by atoms with Gasteiger partial charge in [0, 0.05) is 18.5 Å². The Morgan fingerprint density at radius 1 is 0.950 bits per heavy atom. The number of ether oxygens (including phenoxy) is 1. The molecule has 3 amide bonds. The molecule has 2 aromatic carbocycles. The predicted octanol–water partition coefficient (Wildman–Crippen LogP) is 5.81. The molecule has 2 rings (SSSR count). The average molecular weight is 554 g/mol. The highest BCUT2D eigenvalue weighted by Gasteiger charge is 2.43. The number of phenolic OH excluding ortho intramolecular Hbond substituents is 1. The van der Waals surface area contributed by atoms with E-state index in [9.17, 15) is 19.5 Å². The lowest BCUT2D eigenvalue weighted by molar-refractivity contribution is -0.149. The standard InChI is InChI=1S/C32H47N3O5/c1-9-11-20-33-28(37)27(24-16-12-22(3)13-17-24)35(32(7,8)10-2)29(38)26(34-30(39)40-31(4,5)6)21-23-14-18-25(36)19-15-23/h12-19,26-27,36H,9-11,20-21H2,1-8H3,(H,33,37)(H,34,39). The van der Waals surface area contributed by atoms with E-state index < -0.39 is 35.2 Å². The molecule has 0 bridgehead atoms. The molecule has 0 radical (unpaired) electrons. The highest BCUT2D eigenvalue weighted by Crippen LogP contribution is 2.33. The third-order valence-corrected chi connectivity index (χ3v) is 6.85. The number of unbranched alkanes of at least 4 members (excludes halogenated alkanes) is 1. The fraction of sp³-hybridized carbons (Fsp3) is 0.531. The van der Waals surface area contributed by atoms with Gasteiger partial charge in [0.15, 0.2) is 0 Å². The molecule has 40 heavy (non-hydrogen) atoms. The molecule has 8 heteroatoms. The van der Waals surface area contributed by atoms with Crippen LogP contribution in [-0.2, 0) is 20.7 Å². The minimum Gasteiger partial charge on any atom is -0.508 e. The molecule has 8 nitrogen and oxygen atoms in total. The van der Waals surface area contributed by atoms with E-state index in [0.717, 1.165) is 24.0 Å². The van der Waals surface area contributed by atoms with E-state index in [1.54, 1.807) is 37.8 Å². The fourth-order valence-corrected chi connectivity index (χ4v) is 4.28. The van der Waals surface area contributed by atoms with Crippen molar-refractivity contribution in [2.75, 3.05) is 6.54 Å². The van der Waals surface area contributed by atoms with E-state index in [4.69, 9.17) is 4.74 Å². The number of carbonyl (C=O) groups excluding carboxylic acids is 3. The van der Waals surface area contributed by atoms with Crippen LogP contribution in [0.3, 0.4) is 0 Å². The van der Waals surface area contributed by atoms with Gasteiger partial charge in [-0.25, -0.2) is 4.79 Å². The molecule has 0 heterocycles. The molecule has 0 aliphatic carbocycles. The summed E-state index contributed by atoms with van der Waals surface area (Å²) in [5.41, 5.74) is 0.967. The predicted molar refractivity (Wildman–Crippen MR) is 158 cm³/mol. The van der Waals surface area contributed by atoms with E-state index in [0.29, 0.717) is 18.5 Å². The number of nitrogens with one attached hydrogen (secondary N) is 2. The maximum atomic E-state index is 14.6. The zero-order valence-electron chi connectivity index (χ0n) is 25.3. The van der Waals surface area contributed by atoms with Crippen LogP contribution in [0.25, 0.3) is 0 Å². The van der Waals surface area contributed by atoms with Crippen molar-refractivity contribution in [1.82, 2.24) is 15.5 Å². The molecule has 0 aliphatic heterocycles. The van der Waals surface area contributed by atoms with E-state index in [-0.39, 0.29) is 18.1 Å². The second-order valence-electron chi connectivity index (χ2n) is 11.9. The van der Waals surface area contributed by atoms with Crippen molar-refractivity contribution in [1.29, 1.82) is 0 Å². The van der Waals surface area contributed by atoms with E-state index >= 15 is 0 Å². The van der Waals surface area contributed by atoms with Crippen molar-refractivity contribution in [3.05, 3.63) is 65.2 Å². The minimum absolute atomic E-state index is 0.101. The molecule has 220 valence electrons. The Morgan fingerprint density at radius 2 is 1.55 bits per heavy atom. The monoisotopic (exact) mass is 553 g/mol. The van der Waals surface area contributed by atoms with Crippen molar-refractivity contribution >= 4 is 17.9 Å². The normalized spacial score (nSPS) is 13.2. The maximum Gasteiger partial charge on any atom is 0.408 e. The van der Waals surface area contributed by atoms with Crippen LogP contribution in [0.4, 0.5) is 4.79 Å². The number of alkyl carbamates (subject to hydrolysis) is 1. The Hall–Kier alpha value is -3.55. The van der Waals surface area contributed by atoms with Crippen LogP contribution in [0.1, 0.15) is 90.5 Å². The maximum absolute atomic E-state index is 14.6. The van der Waals surface area contributed by atoms with Gasteiger partial charge in [0.25, 0.3) is 0 Å². The second kappa shape index (κ2) is 14.2. The number of rotatable bonds is 12. The number of amides is 3. The molecule has 2 aromatic rings. The zero-order valence-corrected chi connectivity index (χ0v) is 25.3. The average Bonchev–Trinajstić information content (AvgIpc) is 2.87. The highest BCUT2D eigenvalue weighted by molar-refractivity contribution is 5.93. The first-order valence-corrected chi connectivity index (χ1v) is 14.1. The fourth-order valence-electron chi connectivity index (χ4n) is 4.28. The molecule has 0 fully saturated rings. The van der Waals surface area contributed by atoms with Crippen molar-refractivity contribution in [3.8, 4) is 5.75 Å². The van der Waals surface area contributed by atoms with Crippen LogP contribution in [0, 0.1) is 6.92 Å². The molecule has 0 aliphatic rings. The van der Waals surface area contributed by atoms with Crippen LogP contribution in [0.5, 0.6) is 5.75 Å². The first kappa shape index (κ1) is 32.7. The lowest BCUT2D eigenvalue weighted by Crippen LogP contribution is -2.59. The van der Waals surface area contributed by atoms with Crippen LogP contribution < -0.4 is 10.6 Å². The first-order chi connectivity index (χ1) is 18.7. The molecule has 2 atom stereocenters. The molecule has 0 aromatic heterocycles. The Kier molecular flexibility index (Phi) is 11.6. The Labute approximate surface area is 239 Å². The Bertz CT molecular complexity index is 1120. The molecule has 3 N–H and O–H groups in total. The van der Waals surface area contributed by atoms with Gasteiger partial charge in [-0.15, -0.1) is 0 Å². The summed E-state index contributed by atoms with van der Waals surface area (Å²) >= 11 is 0. The van der Waals surface area contributed by atoms with Crippen LogP contribution in [0.2, 0.25) is 0 Å². The minimum atomic E-state index is -1.03. The summed E-state index contributed by atoms with van der Waals surface area (Å²) in [6.45, 7) is 15.6. The smallest absolute Gasteiger partial charge is 0.408 e. The Morgan fingerprint density at radius 3 is 2.08 bits per heavy atom. The number of aromatic hydroxyl groups is 1. The molecule has 2 unspecified atom stereocenters. The van der Waals surface area contributed by atoms with Gasteiger partial charge in [0.05, 0.1) is 0 Å². The third kappa shape index (κ3) is 9.57. The molecule has 0 saturated carbocycles. The zero-order chi connectivity index (χ0) is 30.1. The van der Waals surface area contributed by atoms with Crippen molar-refractivity contribution < 1.29 is 24.2 Å². The largest absolute Gasteiger partial charge is 0.508 e. The van der Waals surface area contributed by atoms with Gasteiger partial charge in [0.1, 0.15) is 23.4 Å². The van der Waals surface area contributed by atoms with Gasteiger partial charge in [-0.3, -0.25) is 9.59 Å². The third-order valence-electron chi connectivity index (χ3n) is 6.85. The summed E-state index contributed by atoms with van der Waals surface area (Å²) in [5.74, 6) is -0.571. The molecular formula is C32H47N3O5. The first-order valence-electron chi connectivity index (χ1n) is 14.1. The van der Waals surface area contributed by atoms with Gasteiger partial charge in [-0.1, -0.05) is 62.2 Å². The number of hydrogen-bond donors (Lipinski definition) is 3. The quantitative estimate of drug-likeness (QED) is 0.288. The van der Waals surface area contributed by atoms with Gasteiger partial charge in [0.2, 0.25) is 11.8 Å². The van der Waals surface area contributed by atoms with E-state index in [1.165, 1.54) is 12.1 Å². The summed E-state index contributed by atoms with van der Waals surface area (Å²) in [7, 11) is 0. The molecule has 0 spiro atoms. The van der Waals surface area contributed by atoms with Gasteiger partial charge in [-0.2, -0.15) is 0 Å². The molecule has 0 saturated heterocycles. The van der Waals surface area contributed by atoms with Crippen molar-refractivity contribution in [2.45, 2.75) is 104 Å². The summed E-state index contributed by atoms with van der Waals surface area (Å²) in [6.07, 6.45) is 1.74. The van der Waals surface area contributed by atoms with Gasteiger partial charge in [-0.05, 0) is 77.6 Å². The van der Waals surface area contributed by atoms with Gasteiger partial charge < -0.3 is 25.4 Å². The number of hydrogen-bond acceptors (Lipinski definition) is 5. The lowest BCUT2D eigenvalue weighted by Gasteiger charge is -2.44. The number of nitrogens with zero attached hydrogens (tertiary/aromatic N) is 1. The number of benzene rings is 2. The van der Waals surface area contributed by atoms with Crippen molar-refractivity contribution in [2.24, 2.45) is 0 Å². The van der Waals surface area contributed by atoms with E-state index in [1.807, 2.05) is 52.0 Å². The lowest BCUT2D eigenvalue weighted by atomic mass is 9.91. The van der Waals surface area contributed by atoms with E-state index in [2.05, 4.69) is 17.6 Å². The summed E-state index contributed by atoms with van der Waals surface area (Å²) in [5, 5.41) is 15.6. The summed E-state index contributed by atoms with van der Waals surface area (Å²) in [6, 6.07) is 12.1. The molecular weight excluding hydrogens is 506 g/mol. The topological polar surface area (TPSA) is 108 Å². The number of aryl methyl sites for hydroxylation is 1. The van der Waals surface area contributed by atoms with Gasteiger partial charge >= 0.3 is 6.09 Å². The number of carbonyl (C=O) groups is 3. The second-order valence-corrected chi connectivity index (χ2v) is 11.9. The SMILES string of the molecule is CCCCNC(=O)C(c1ccc(C)cc1)N(C(=O)C(Cc1ccc(O)cc1)NC(=O)OC(C)(C)C)C(C)(C)CC. The summed E-state index contributed by atoms with van der Waals surface area (Å²) < 4.78 is 5.50. The number of phenols is 1. The van der Waals surface area contributed by atoms with Crippen LogP contribution >= 0.6 is 0 Å². The summed E-state index contributed by atoms with van der Waals surface area (Å²) in [4.78, 5) is 42.9. The Balaban J connectivity index is 2.62. The van der Waals surface area contributed by atoms with Crippen LogP contribution in [0.15, 0.2) is 48.5 Å². The van der Waals surface area contributed by atoms with Crippen LogP contribution in [-0.4, -0.2) is 51.6 Å².